The number of rotatable bonds is 6. The summed E-state index contributed by atoms with van der Waals surface area (Å²) in [5.41, 5.74) is 1.31. The summed E-state index contributed by atoms with van der Waals surface area (Å²) >= 11 is 7.12. The maximum atomic E-state index is 13.1. The zero-order valence-electron chi connectivity index (χ0n) is 17.0. The average molecular weight is 468 g/mol. The number of carbonyl (C=O) groups excluding carboxylic acids is 1. The third-order valence-electron chi connectivity index (χ3n) is 4.41. The third-order valence-corrected chi connectivity index (χ3v) is 5.72. The Balaban J connectivity index is 1.76. The molecule has 0 N–H and O–H groups in total. The van der Waals surface area contributed by atoms with Gasteiger partial charge in [0.1, 0.15) is 11.2 Å². The van der Waals surface area contributed by atoms with Gasteiger partial charge in [0.15, 0.2) is 0 Å². The maximum absolute atomic E-state index is 13.1. The lowest BCUT2D eigenvalue weighted by Gasteiger charge is -1.98. The largest absolute Gasteiger partial charge is 0.463 e. The second-order valence-corrected chi connectivity index (χ2v) is 8.15. The number of aromatic nitrogens is 3. The normalized spacial score (nSPS) is 12.3. The van der Waals surface area contributed by atoms with Crippen molar-refractivity contribution in [1.29, 1.82) is 0 Å². The minimum atomic E-state index is -0.531. The highest BCUT2D eigenvalue weighted by Gasteiger charge is 2.13. The Morgan fingerprint density at radius 1 is 1.16 bits per heavy atom. The fourth-order valence-electron chi connectivity index (χ4n) is 2.94. The van der Waals surface area contributed by atoms with Crippen LogP contribution in [0.2, 0.25) is 5.02 Å². The summed E-state index contributed by atoms with van der Waals surface area (Å²) in [6.45, 7) is 1.98. The predicted octanol–water partition coefficient (Wildman–Crippen LogP) is 2.83. The van der Waals surface area contributed by atoms with Crippen LogP contribution < -0.4 is 14.8 Å². The van der Waals surface area contributed by atoms with Gasteiger partial charge in [-0.2, -0.15) is 0 Å². The van der Waals surface area contributed by atoms with Gasteiger partial charge in [-0.05, 0) is 42.8 Å². The van der Waals surface area contributed by atoms with Crippen molar-refractivity contribution in [3.05, 3.63) is 90.6 Å². The molecule has 4 aromatic rings. The maximum Gasteiger partial charge on any atom is 0.333 e. The van der Waals surface area contributed by atoms with E-state index in [-0.39, 0.29) is 24.6 Å². The number of benzene rings is 2. The van der Waals surface area contributed by atoms with Crippen LogP contribution in [0.3, 0.4) is 0 Å². The molecule has 0 bridgehead atoms. The predicted molar refractivity (Wildman–Crippen MR) is 123 cm³/mol. The van der Waals surface area contributed by atoms with Gasteiger partial charge in [0.05, 0.1) is 17.2 Å². The molecular weight excluding hydrogens is 450 g/mol. The molecule has 0 saturated carbocycles. The zero-order valence-corrected chi connectivity index (χ0v) is 18.6. The second-order valence-electron chi connectivity index (χ2n) is 6.66. The highest BCUT2D eigenvalue weighted by Crippen LogP contribution is 2.17. The summed E-state index contributed by atoms with van der Waals surface area (Å²) in [4.78, 5) is 25.2. The molecule has 0 unspecified atom stereocenters. The topological polar surface area (TPSA) is 87.2 Å². The first kappa shape index (κ1) is 21.7. The molecule has 2 heterocycles. The van der Waals surface area contributed by atoms with Crippen molar-refractivity contribution in [3.8, 4) is 11.5 Å². The Hall–Kier alpha value is -3.49. The van der Waals surface area contributed by atoms with Crippen molar-refractivity contribution in [2.24, 2.45) is 0 Å². The van der Waals surface area contributed by atoms with Crippen LogP contribution in [0.1, 0.15) is 18.4 Å². The van der Waals surface area contributed by atoms with E-state index in [1.54, 1.807) is 25.1 Å². The molecule has 0 aliphatic heterocycles. The van der Waals surface area contributed by atoms with E-state index in [1.165, 1.54) is 22.0 Å². The van der Waals surface area contributed by atoms with Gasteiger partial charge in [-0.1, -0.05) is 41.9 Å². The van der Waals surface area contributed by atoms with Gasteiger partial charge in [0, 0.05) is 10.6 Å². The van der Waals surface area contributed by atoms with Crippen molar-refractivity contribution >= 4 is 41.1 Å². The number of hydrogen-bond acceptors (Lipinski definition) is 7. The van der Waals surface area contributed by atoms with Crippen LogP contribution in [0.5, 0.6) is 0 Å². The number of ether oxygens (including phenoxy) is 1. The first-order valence-corrected chi connectivity index (χ1v) is 11.0. The lowest BCUT2D eigenvalue weighted by atomic mass is 10.2. The van der Waals surface area contributed by atoms with Crippen LogP contribution >= 0.6 is 22.9 Å². The third kappa shape index (κ3) is 5.04. The SMILES string of the molecule is CCOC(=O)/C=c1\s/c(=C/c2ccc(Cl)cc2)c(=O)n1Cc1nnc(-c2ccccc2)o1. The van der Waals surface area contributed by atoms with Gasteiger partial charge >= 0.3 is 5.97 Å². The number of thiazole rings is 1. The molecule has 2 aromatic carbocycles. The van der Waals surface area contributed by atoms with Crippen LogP contribution in [0.25, 0.3) is 23.6 Å². The molecule has 0 aliphatic carbocycles. The number of nitrogens with zero attached hydrogens (tertiary/aromatic N) is 3. The molecule has 0 aliphatic rings. The lowest BCUT2D eigenvalue weighted by Crippen LogP contribution is -2.32. The molecule has 0 amide bonds. The Labute approximate surface area is 191 Å². The number of halogens is 1. The highest BCUT2D eigenvalue weighted by atomic mass is 35.5. The molecule has 0 saturated heterocycles. The van der Waals surface area contributed by atoms with E-state index in [0.717, 1.165) is 11.1 Å². The van der Waals surface area contributed by atoms with Crippen molar-refractivity contribution < 1.29 is 13.9 Å². The number of hydrogen-bond donors (Lipinski definition) is 0. The Kier molecular flexibility index (Phi) is 6.63. The molecule has 0 spiro atoms. The summed E-state index contributed by atoms with van der Waals surface area (Å²) in [6.07, 6.45) is 3.04. The standard InChI is InChI=1S/C23H18ClN3O4S/c1-2-30-21(28)13-20-27(14-19-25-26-22(31-19)16-6-4-3-5-7-16)23(29)18(32-20)12-15-8-10-17(24)11-9-15/h3-13H,2,14H2,1H3/b18-12+,20-13-. The quantitative estimate of drug-likeness (QED) is 0.405. The van der Waals surface area contributed by atoms with Crippen molar-refractivity contribution in [2.75, 3.05) is 6.61 Å². The van der Waals surface area contributed by atoms with Gasteiger partial charge < -0.3 is 9.15 Å². The molecule has 0 atom stereocenters. The van der Waals surface area contributed by atoms with Gasteiger partial charge in [0.2, 0.25) is 11.8 Å². The summed E-state index contributed by atoms with van der Waals surface area (Å²) in [5.74, 6) is 0.0732. The lowest BCUT2D eigenvalue weighted by molar-refractivity contribution is -0.135. The Bertz CT molecular complexity index is 1410. The van der Waals surface area contributed by atoms with Gasteiger partial charge in [-0.25, -0.2) is 4.79 Å². The van der Waals surface area contributed by atoms with Crippen LogP contribution in [-0.2, 0) is 16.1 Å². The number of esters is 1. The molecule has 0 fully saturated rings. The second kappa shape index (κ2) is 9.76. The van der Waals surface area contributed by atoms with E-state index in [2.05, 4.69) is 10.2 Å². The molecular formula is C23H18ClN3O4S. The fourth-order valence-corrected chi connectivity index (χ4v) is 4.09. The molecule has 9 heteroatoms. The average Bonchev–Trinajstić information content (AvgIpc) is 3.37. The molecule has 0 radical (unpaired) electrons. The minimum absolute atomic E-state index is 0.0227. The van der Waals surface area contributed by atoms with Crippen LogP contribution in [-0.4, -0.2) is 27.3 Å². The van der Waals surface area contributed by atoms with E-state index in [9.17, 15) is 9.59 Å². The van der Waals surface area contributed by atoms with E-state index < -0.39 is 5.97 Å². The van der Waals surface area contributed by atoms with Crippen molar-refractivity contribution in [3.63, 3.8) is 0 Å². The summed E-state index contributed by atoms with van der Waals surface area (Å²) in [7, 11) is 0. The number of carbonyl (C=O) groups is 1. The van der Waals surface area contributed by atoms with Crippen LogP contribution in [0.15, 0.2) is 63.8 Å². The zero-order chi connectivity index (χ0) is 22.5. The van der Waals surface area contributed by atoms with Crippen molar-refractivity contribution in [1.82, 2.24) is 14.8 Å². The van der Waals surface area contributed by atoms with E-state index in [4.69, 9.17) is 20.8 Å². The van der Waals surface area contributed by atoms with E-state index >= 15 is 0 Å². The minimum Gasteiger partial charge on any atom is -0.463 e. The molecule has 7 nitrogen and oxygen atoms in total. The monoisotopic (exact) mass is 467 g/mol. The van der Waals surface area contributed by atoms with E-state index in [0.29, 0.717) is 20.1 Å². The smallest absolute Gasteiger partial charge is 0.333 e. The molecule has 32 heavy (non-hydrogen) atoms. The fraction of sp³-hybridized carbons (Fsp3) is 0.130. The van der Waals surface area contributed by atoms with Gasteiger partial charge in [-0.3, -0.25) is 9.36 Å². The summed E-state index contributed by atoms with van der Waals surface area (Å²) in [6, 6.07) is 16.4. The summed E-state index contributed by atoms with van der Waals surface area (Å²) in [5, 5.41) is 8.73. The first-order chi connectivity index (χ1) is 15.5. The first-order valence-electron chi connectivity index (χ1n) is 9.76. The Morgan fingerprint density at radius 3 is 2.62 bits per heavy atom. The molecule has 2 aromatic heterocycles. The Morgan fingerprint density at radius 2 is 1.91 bits per heavy atom. The highest BCUT2D eigenvalue weighted by molar-refractivity contribution is 7.07. The van der Waals surface area contributed by atoms with E-state index in [1.807, 2.05) is 42.5 Å². The van der Waals surface area contributed by atoms with Gasteiger partial charge in [0.25, 0.3) is 5.56 Å². The summed E-state index contributed by atoms with van der Waals surface area (Å²) < 4.78 is 13.1. The van der Waals surface area contributed by atoms with Crippen molar-refractivity contribution in [2.45, 2.75) is 13.5 Å². The van der Waals surface area contributed by atoms with Gasteiger partial charge in [-0.15, -0.1) is 21.5 Å². The molecule has 4 rings (SSSR count). The molecule has 162 valence electrons. The van der Waals surface area contributed by atoms with Crippen LogP contribution in [0.4, 0.5) is 0 Å². The van der Waals surface area contributed by atoms with Crippen LogP contribution in [0, 0.1) is 0 Å².